The van der Waals surface area contributed by atoms with Crippen LogP contribution in [0, 0.1) is 11.3 Å². The van der Waals surface area contributed by atoms with Crippen LogP contribution >= 0.6 is 23.2 Å². The van der Waals surface area contributed by atoms with Gasteiger partial charge in [0.05, 0.1) is 17.0 Å². The number of hydrogen-bond acceptors (Lipinski definition) is 4. The van der Waals surface area contributed by atoms with Crippen LogP contribution < -0.4 is 16.0 Å². The van der Waals surface area contributed by atoms with Crippen molar-refractivity contribution in [3.05, 3.63) is 85.4 Å². The van der Waals surface area contributed by atoms with Crippen LogP contribution in [0.3, 0.4) is 0 Å². The molecule has 0 spiro atoms. The Morgan fingerprint density at radius 1 is 1.19 bits per heavy atom. The van der Waals surface area contributed by atoms with Crippen molar-refractivity contribution in [1.29, 1.82) is 5.26 Å². The van der Waals surface area contributed by atoms with Gasteiger partial charge in [-0.3, -0.25) is 4.79 Å². The summed E-state index contributed by atoms with van der Waals surface area (Å²) in [7, 11) is 0. The zero-order chi connectivity index (χ0) is 18.4. The molecule has 0 bridgehead atoms. The number of H-pyrrole nitrogens is 1. The maximum Gasteiger partial charge on any atom is 0.256 e. The smallest absolute Gasteiger partial charge is 0.256 e. The van der Waals surface area contributed by atoms with Gasteiger partial charge in [-0.05, 0) is 29.8 Å². The number of ether oxygens (including phenoxy) is 1. The third-order valence-electron chi connectivity index (χ3n) is 4.36. The molecule has 0 saturated carbocycles. The molecule has 3 N–H and O–H groups in total. The van der Waals surface area contributed by atoms with E-state index in [4.69, 9.17) is 33.7 Å². The van der Waals surface area contributed by atoms with Gasteiger partial charge in [0, 0.05) is 15.4 Å². The van der Waals surface area contributed by atoms with Gasteiger partial charge >= 0.3 is 0 Å². The van der Waals surface area contributed by atoms with Gasteiger partial charge in [0.2, 0.25) is 5.88 Å². The molecule has 0 amide bonds. The first kappa shape index (κ1) is 16.5. The van der Waals surface area contributed by atoms with Crippen LogP contribution in [0.15, 0.2) is 58.7 Å². The molecule has 2 heterocycles. The minimum Gasteiger partial charge on any atom is -0.439 e. The molecule has 1 aliphatic rings. The minimum absolute atomic E-state index is 0.0493. The molecule has 4 rings (SSSR count). The average Bonchev–Trinajstić information content (AvgIpc) is 2.61. The zero-order valence-electron chi connectivity index (χ0n) is 13.2. The molecule has 1 atom stereocenters. The lowest BCUT2D eigenvalue weighted by Crippen LogP contribution is -2.28. The second kappa shape index (κ2) is 6.10. The van der Waals surface area contributed by atoms with Crippen LogP contribution in [-0.2, 0) is 0 Å². The van der Waals surface area contributed by atoms with E-state index in [0.717, 1.165) is 0 Å². The first-order valence-electron chi connectivity index (χ1n) is 7.68. The fraction of sp³-hybridized carbons (Fsp3) is 0.0526. The molecule has 26 heavy (non-hydrogen) atoms. The fourth-order valence-electron chi connectivity index (χ4n) is 3.22. The lowest BCUT2D eigenvalue weighted by molar-refractivity contribution is 0.397. The highest BCUT2D eigenvalue weighted by atomic mass is 35.5. The Hall–Kier alpha value is -2.94. The minimum atomic E-state index is -0.748. The van der Waals surface area contributed by atoms with E-state index < -0.39 is 5.92 Å². The monoisotopic (exact) mass is 383 g/mol. The second-order valence-electron chi connectivity index (χ2n) is 5.83. The molecule has 2 aromatic carbocycles. The number of nitrogens with two attached hydrogens (primary N) is 1. The van der Waals surface area contributed by atoms with Crippen LogP contribution in [0.25, 0.3) is 10.9 Å². The van der Waals surface area contributed by atoms with E-state index in [9.17, 15) is 10.1 Å². The summed E-state index contributed by atoms with van der Waals surface area (Å²) in [6.07, 6.45) is 0. The summed E-state index contributed by atoms with van der Waals surface area (Å²) in [4.78, 5) is 15.7. The van der Waals surface area contributed by atoms with E-state index in [-0.39, 0.29) is 17.0 Å². The molecule has 3 aromatic rings. The van der Waals surface area contributed by atoms with E-state index in [1.165, 1.54) is 0 Å². The summed E-state index contributed by atoms with van der Waals surface area (Å²) in [5.41, 5.74) is 7.23. The molecule has 0 saturated heterocycles. The molecule has 1 aliphatic heterocycles. The molecule has 0 radical (unpaired) electrons. The van der Waals surface area contributed by atoms with Crippen molar-refractivity contribution in [1.82, 2.24) is 4.98 Å². The van der Waals surface area contributed by atoms with Crippen molar-refractivity contribution >= 4 is 34.1 Å². The largest absolute Gasteiger partial charge is 0.439 e. The highest BCUT2D eigenvalue weighted by molar-refractivity contribution is 6.35. The summed E-state index contributed by atoms with van der Waals surface area (Å²) in [6.45, 7) is 0. The number of fused-ring (bicyclic) bond motifs is 3. The van der Waals surface area contributed by atoms with Gasteiger partial charge in [-0.25, -0.2) is 0 Å². The highest BCUT2D eigenvalue weighted by Gasteiger charge is 2.35. The Labute approximate surface area is 158 Å². The quantitative estimate of drug-likeness (QED) is 0.662. The van der Waals surface area contributed by atoms with E-state index in [1.54, 1.807) is 30.3 Å². The van der Waals surface area contributed by atoms with Crippen LogP contribution in [0.2, 0.25) is 10.0 Å². The third-order valence-corrected chi connectivity index (χ3v) is 4.92. The number of pyridine rings is 1. The molecule has 0 aliphatic carbocycles. The summed E-state index contributed by atoms with van der Waals surface area (Å²) in [6, 6.07) is 14.2. The van der Waals surface area contributed by atoms with Gasteiger partial charge in [-0.15, -0.1) is 0 Å². The van der Waals surface area contributed by atoms with Crippen LogP contribution in [0.4, 0.5) is 0 Å². The standard InChI is InChI=1S/C19H11Cl2N3O2/c20-9-5-6-10(13(21)7-9)15-12(8-22)18(23)26-17-11-3-1-2-4-14(11)24-19(25)16(15)17/h1-7,15H,23H2,(H,24,25). The Morgan fingerprint density at radius 2 is 1.96 bits per heavy atom. The van der Waals surface area contributed by atoms with Crippen LogP contribution in [0.5, 0.6) is 5.75 Å². The first-order valence-corrected chi connectivity index (χ1v) is 8.44. The number of aromatic amines is 1. The SMILES string of the molecule is N#CC1=C(N)Oc2c(c(=O)[nH]c3ccccc23)C1c1ccc(Cl)cc1Cl. The molecular formula is C19H11Cl2N3O2. The van der Waals surface area contributed by atoms with Crippen molar-refractivity contribution in [3.8, 4) is 11.8 Å². The number of hydrogen-bond donors (Lipinski definition) is 2. The molecule has 0 fully saturated rings. The zero-order valence-corrected chi connectivity index (χ0v) is 14.7. The number of allylic oxidation sites excluding steroid dienone is 1. The Bertz CT molecular complexity index is 1190. The van der Waals surface area contributed by atoms with Crippen molar-refractivity contribution < 1.29 is 4.74 Å². The summed E-state index contributed by atoms with van der Waals surface area (Å²) in [5.74, 6) is -0.467. The summed E-state index contributed by atoms with van der Waals surface area (Å²) < 4.78 is 5.69. The number of rotatable bonds is 1. The third kappa shape index (κ3) is 2.43. The van der Waals surface area contributed by atoms with Gasteiger partial charge < -0.3 is 15.5 Å². The number of nitrogens with zero attached hydrogens (tertiary/aromatic N) is 1. The lowest BCUT2D eigenvalue weighted by Gasteiger charge is -2.27. The number of aromatic nitrogens is 1. The molecule has 1 unspecified atom stereocenters. The molecule has 5 nitrogen and oxygen atoms in total. The summed E-state index contributed by atoms with van der Waals surface area (Å²) >= 11 is 12.3. The van der Waals surface area contributed by atoms with Crippen molar-refractivity contribution in [2.24, 2.45) is 5.73 Å². The Balaban J connectivity index is 2.10. The average molecular weight is 384 g/mol. The lowest BCUT2D eigenvalue weighted by atomic mass is 9.83. The highest BCUT2D eigenvalue weighted by Crippen LogP contribution is 2.44. The van der Waals surface area contributed by atoms with Gasteiger partial charge in [0.1, 0.15) is 17.4 Å². The van der Waals surface area contributed by atoms with Gasteiger partial charge in [0.15, 0.2) is 0 Å². The number of benzene rings is 2. The van der Waals surface area contributed by atoms with Gasteiger partial charge in [0.25, 0.3) is 5.56 Å². The maximum atomic E-state index is 12.8. The van der Waals surface area contributed by atoms with Crippen LogP contribution in [-0.4, -0.2) is 4.98 Å². The second-order valence-corrected chi connectivity index (χ2v) is 6.68. The number of nitriles is 1. The first-order chi connectivity index (χ1) is 12.5. The van der Waals surface area contributed by atoms with E-state index in [2.05, 4.69) is 4.98 Å². The normalized spacial score (nSPS) is 16.1. The van der Waals surface area contributed by atoms with Gasteiger partial charge in [-0.2, -0.15) is 5.26 Å². The number of nitrogens with one attached hydrogen (secondary N) is 1. The van der Waals surface area contributed by atoms with E-state index in [0.29, 0.717) is 37.8 Å². The Morgan fingerprint density at radius 3 is 2.69 bits per heavy atom. The predicted octanol–water partition coefficient (Wildman–Crippen LogP) is 4.05. The summed E-state index contributed by atoms with van der Waals surface area (Å²) in [5, 5.41) is 11.1. The number of halogens is 2. The van der Waals surface area contributed by atoms with E-state index >= 15 is 0 Å². The van der Waals surface area contributed by atoms with E-state index in [1.807, 2.05) is 18.2 Å². The Kier molecular flexibility index (Phi) is 3.87. The molecule has 1 aromatic heterocycles. The van der Waals surface area contributed by atoms with Crippen molar-refractivity contribution in [2.75, 3.05) is 0 Å². The molecule has 128 valence electrons. The molecular weight excluding hydrogens is 373 g/mol. The van der Waals surface area contributed by atoms with Crippen LogP contribution in [0.1, 0.15) is 17.0 Å². The number of para-hydroxylation sites is 1. The maximum absolute atomic E-state index is 12.8. The predicted molar refractivity (Wildman–Crippen MR) is 100 cm³/mol. The topological polar surface area (TPSA) is 91.9 Å². The van der Waals surface area contributed by atoms with Crippen molar-refractivity contribution in [3.63, 3.8) is 0 Å². The molecule has 7 heteroatoms. The fourth-order valence-corrected chi connectivity index (χ4v) is 3.74. The van der Waals surface area contributed by atoms with Crippen molar-refractivity contribution in [2.45, 2.75) is 5.92 Å². The van der Waals surface area contributed by atoms with Gasteiger partial charge in [-0.1, -0.05) is 41.4 Å².